The van der Waals surface area contributed by atoms with Gasteiger partial charge in [0, 0.05) is 11.1 Å². The molecule has 3 nitrogen and oxygen atoms in total. The minimum absolute atomic E-state index is 0.391. The van der Waals surface area contributed by atoms with E-state index in [1.54, 1.807) is 12.1 Å². The summed E-state index contributed by atoms with van der Waals surface area (Å²) < 4.78 is 5.06. The standard InChI is InChI=1S/C9H8Cl2O3S/c1-15-9-6(11)2-5(10)3-7(9)14-4-8(12)13/h2-3H,4H2,1H3,(H,12,13). The summed E-state index contributed by atoms with van der Waals surface area (Å²) in [4.78, 5) is 11.0. The second kappa shape index (κ2) is 5.49. The molecule has 0 aliphatic heterocycles. The molecule has 1 aromatic rings. The van der Waals surface area contributed by atoms with Crippen LogP contribution >= 0.6 is 35.0 Å². The molecule has 0 heterocycles. The lowest BCUT2D eigenvalue weighted by atomic mass is 10.3. The van der Waals surface area contributed by atoms with Gasteiger partial charge < -0.3 is 9.84 Å². The third-order valence-electron chi connectivity index (χ3n) is 1.53. The number of halogens is 2. The summed E-state index contributed by atoms with van der Waals surface area (Å²) in [5.74, 6) is -0.652. The number of rotatable bonds is 4. The van der Waals surface area contributed by atoms with E-state index < -0.39 is 12.6 Å². The average molecular weight is 267 g/mol. The Kier molecular flexibility index (Phi) is 4.57. The molecule has 0 radical (unpaired) electrons. The summed E-state index contributed by atoms with van der Waals surface area (Å²) in [6, 6.07) is 3.13. The normalized spacial score (nSPS) is 10.1. The van der Waals surface area contributed by atoms with Gasteiger partial charge in [0.2, 0.25) is 0 Å². The quantitative estimate of drug-likeness (QED) is 0.851. The molecular weight excluding hydrogens is 259 g/mol. The molecule has 15 heavy (non-hydrogen) atoms. The van der Waals surface area contributed by atoms with Crippen LogP contribution in [0, 0.1) is 0 Å². The SMILES string of the molecule is CSc1c(Cl)cc(Cl)cc1OCC(=O)O. The minimum Gasteiger partial charge on any atom is -0.481 e. The van der Waals surface area contributed by atoms with E-state index in [0.717, 1.165) is 0 Å². The average Bonchev–Trinajstić information content (AvgIpc) is 2.13. The zero-order valence-electron chi connectivity index (χ0n) is 7.79. The summed E-state index contributed by atoms with van der Waals surface area (Å²) >= 11 is 13.1. The molecule has 0 saturated heterocycles. The summed E-state index contributed by atoms with van der Waals surface area (Å²) in [6.45, 7) is -0.412. The molecule has 6 heteroatoms. The fourth-order valence-corrected chi connectivity index (χ4v) is 2.26. The van der Waals surface area contributed by atoms with Crippen molar-refractivity contribution < 1.29 is 14.6 Å². The van der Waals surface area contributed by atoms with Crippen LogP contribution in [0.4, 0.5) is 0 Å². The van der Waals surface area contributed by atoms with E-state index in [4.69, 9.17) is 33.0 Å². The molecule has 82 valence electrons. The molecule has 0 fully saturated rings. The fourth-order valence-electron chi connectivity index (χ4n) is 0.982. The first-order valence-electron chi connectivity index (χ1n) is 3.92. The number of benzene rings is 1. The van der Waals surface area contributed by atoms with Crippen molar-refractivity contribution in [2.45, 2.75) is 4.90 Å². The number of hydrogen-bond acceptors (Lipinski definition) is 3. The summed E-state index contributed by atoms with van der Waals surface area (Å²) in [6.07, 6.45) is 1.82. The zero-order chi connectivity index (χ0) is 11.4. The number of aliphatic carboxylic acids is 1. The topological polar surface area (TPSA) is 46.5 Å². The van der Waals surface area contributed by atoms with E-state index in [1.807, 2.05) is 6.26 Å². The lowest BCUT2D eigenvalue weighted by molar-refractivity contribution is -0.139. The number of ether oxygens (including phenoxy) is 1. The van der Waals surface area contributed by atoms with Gasteiger partial charge in [-0.15, -0.1) is 11.8 Å². The van der Waals surface area contributed by atoms with Gasteiger partial charge in [0.1, 0.15) is 5.75 Å². The van der Waals surface area contributed by atoms with Gasteiger partial charge in [-0.3, -0.25) is 0 Å². The highest BCUT2D eigenvalue weighted by Crippen LogP contribution is 2.37. The van der Waals surface area contributed by atoms with Gasteiger partial charge in [-0.25, -0.2) is 4.79 Å². The van der Waals surface area contributed by atoms with Crippen molar-refractivity contribution in [1.82, 2.24) is 0 Å². The molecule has 0 aromatic heterocycles. The Morgan fingerprint density at radius 1 is 1.53 bits per heavy atom. The minimum atomic E-state index is -1.04. The van der Waals surface area contributed by atoms with E-state index in [9.17, 15) is 4.79 Å². The van der Waals surface area contributed by atoms with Crippen molar-refractivity contribution >= 4 is 40.9 Å². The predicted octanol–water partition coefficient (Wildman–Crippen LogP) is 3.18. The molecule has 0 aliphatic carbocycles. The number of carboxylic acids is 1. The van der Waals surface area contributed by atoms with Crippen molar-refractivity contribution in [2.24, 2.45) is 0 Å². The molecule has 0 saturated carbocycles. The van der Waals surface area contributed by atoms with Crippen molar-refractivity contribution in [3.63, 3.8) is 0 Å². The zero-order valence-corrected chi connectivity index (χ0v) is 10.1. The third-order valence-corrected chi connectivity index (χ3v) is 2.99. The van der Waals surface area contributed by atoms with E-state index in [0.29, 0.717) is 20.7 Å². The Morgan fingerprint density at radius 2 is 2.20 bits per heavy atom. The number of carbonyl (C=O) groups is 1. The number of carboxylic acid groups (broad SMARTS) is 1. The van der Waals surface area contributed by atoms with Crippen molar-refractivity contribution in [3.8, 4) is 5.75 Å². The van der Waals surface area contributed by atoms with Crippen LogP contribution in [-0.2, 0) is 4.79 Å². The van der Waals surface area contributed by atoms with E-state index in [-0.39, 0.29) is 0 Å². The summed E-state index contributed by atoms with van der Waals surface area (Å²) in [5, 5.41) is 9.35. The van der Waals surface area contributed by atoms with Crippen molar-refractivity contribution in [2.75, 3.05) is 12.9 Å². The monoisotopic (exact) mass is 266 g/mol. The molecule has 0 amide bonds. The highest BCUT2D eigenvalue weighted by Gasteiger charge is 2.10. The summed E-state index contributed by atoms with van der Waals surface area (Å²) in [5.41, 5.74) is 0. The van der Waals surface area contributed by atoms with Crippen molar-refractivity contribution in [1.29, 1.82) is 0 Å². The maximum absolute atomic E-state index is 10.3. The van der Waals surface area contributed by atoms with Crippen LogP contribution in [0.5, 0.6) is 5.75 Å². The molecule has 0 spiro atoms. The maximum atomic E-state index is 10.3. The fraction of sp³-hybridized carbons (Fsp3) is 0.222. The van der Waals surface area contributed by atoms with Crippen LogP contribution in [0.1, 0.15) is 0 Å². The van der Waals surface area contributed by atoms with Gasteiger partial charge in [0.15, 0.2) is 6.61 Å². The van der Waals surface area contributed by atoms with Crippen LogP contribution in [0.15, 0.2) is 17.0 Å². The number of thioether (sulfide) groups is 1. The van der Waals surface area contributed by atoms with Gasteiger partial charge in [0.05, 0.1) is 9.92 Å². The van der Waals surface area contributed by atoms with Gasteiger partial charge in [0.25, 0.3) is 0 Å². The summed E-state index contributed by atoms with van der Waals surface area (Å²) in [7, 11) is 0. The van der Waals surface area contributed by atoms with Crippen LogP contribution < -0.4 is 4.74 Å². The predicted molar refractivity (Wildman–Crippen MR) is 61.4 cm³/mol. The first-order valence-corrected chi connectivity index (χ1v) is 5.90. The van der Waals surface area contributed by atoms with Gasteiger partial charge in [-0.2, -0.15) is 0 Å². The van der Waals surface area contributed by atoms with Crippen LogP contribution in [-0.4, -0.2) is 23.9 Å². The van der Waals surface area contributed by atoms with E-state index in [1.165, 1.54) is 11.8 Å². The Labute approximate surface area is 101 Å². The Hall–Kier alpha value is -0.580. The molecule has 0 aliphatic rings. The van der Waals surface area contributed by atoms with Crippen LogP contribution in [0.3, 0.4) is 0 Å². The second-order valence-electron chi connectivity index (χ2n) is 2.60. The lowest BCUT2D eigenvalue weighted by Gasteiger charge is -2.10. The molecule has 1 aromatic carbocycles. The maximum Gasteiger partial charge on any atom is 0.341 e. The molecule has 0 bridgehead atoms. The highest BCUT2D eigenvalue weighted by molar-refractivity contribution is 7.98. The first kappa shape index (κ1) is 12.5. The van der Waals surface area contributed by atoms with Gasteiger partial charge >= 0.3 is 5.97 Å². The van der Waals surface area contributed by atoms with E-state index in [2.05, 4.69) is 0 Å². The van der Waals surface area contributed by atoms with Gasteiger partial charge in [-0.05, 0) is 12.3 Å². The third kappa shape index (κ3) is 3.48. The smallest absolute Gasteiger partial charge is 0.341 e. The molecule has 1 rings (SSSR count). The largest absolute Gasteiger partial charge is 0.481 e. The molecule has 1 N–H and O–H groups in total. The molecule has 0 unspecified atom stereocenters. The Bertz CT molecular complexity index is 382. The van der Waals surface area contributed by atoms with Crippen molar-refractivity contribution in [3.05, 3.63) is 22.2 Å². The first-order chi connectivity index (χ1) is 7.04. The van der Waals surface area contributed by atoms with Gasteiger partial charge in [-0.1, -0.05) is 23.2 Å². The van der Waals surface area contributed by atoms with E-state index >= 15 is 0 Å². The highest BCUT2D eigenvalue weighted by atomic mass is 35.5. The van der Waals surface area contributed by atoms with Crippen LogP contribution in [0.2, 0.25) is 10.0 Å². The lowest BCUT2D eigenvalue weighted by Crippen LogP contribution is -2.09. The Morgan fingerprint density at radius 3 is 2.73 bits per heavy atom. The van der Waals surface area contributed by atoms with Crippen LogP contribution in [0.25, 0.3) is 0 Å². The Balaban J connectivity index is 2.98. The molecule has 0 atom stereocenters. The number of hydrogen-bond donors (Lipinski definition) is 1. The second-order valence-corrected chi connectivity index (χ2v) is 4.26. The molecular formula is C9H8Cl2O3S.